The SMILES string of the molecule is Cc1ccc(Cn2c(Br)cc3cccc(I)c3c2=O)cc1C. The van der Waals surface area contributed by atoms with E-state index < -0.39 is 0 Å². The second-order valence-electron chi connectivity index (χ2n) is 5.48. The molecule has 4 heteroatoms. The Hall–Kier alpha value is -1.14. The van der Waals surface area contributed by atoms with Crippen LogP contribution < -0.4 is 5.56 Å². The number of aryl methyl sites for hydroxylation is 2. The Bertz CT molecular complexity index is 930. The highest BCUT2D eigenvalue weighted by Gasteiger charge is 2.10. The molecule has 0 N–H and O–H groups in total. The van der Waals surface area contributed by atoms with E-state index in [1.54, 1.807) is 4.57 Å². The van der Waals surface area contributed by atoms with E-state index in [1.165, 1.54) is 11.1 Å². The zero-order chi connectivity index (χ0) is 15.9. The van der Waals surface area contributed by atoms with Crippen molar-refractivity contribution in [2.24, 2.45) is 0 Å². The Morgan fingerprint density at radius 1 is 1.09 bits per heavy atom. The van der Waals surface area contributed by atoms with Crippen molar-refractivity contribution in [3.8, 4) is 0 Å². The highest BCUT2D eigenvalue weighted by atomic mass is 127. The van der Waals surface area contributed by atoms with Gasteiger partial charge in [-0.15, -0.1) is 0 Å². The zero-order valence-corrected chi connectivity index (χ0v) is 16.1. The number of nitrogens with zero attached hydrogens (tertiary/aromatic N) is 1. The van der Waals surface area contributed by atoms with Crippen LogP contribution in [0.4, 0.5) is 0 Å². The van der Waals surface area contributed by atoms with Crippen LogP contribution >= 0.6 is 38.5 Å². The molecule has 0 spiro atoms. The molecule has 0 aliphatic heterocycles. The lowest BCUT2D eigenvalue weighted by molar-refractivity contribution is 0.747. The summed E-state index contributed by atoms with van der Waals surface area (Å²) in [6.45, 7) is 4.76. The van der Waals surface area contributed by atoms with Crippen LogP contribution in [0.25, 0.3) is 10.8 Å². The lowest BCUT2D eigenvalue weighted by Crippen LogP contribution is -2.22. The van der Waals surface area contributed by atoms with Gasteiger partial charge in [0.1, 0.15) is 0 Å². The first kappa shape index (κ1) is 15.7. The van der Waals surface area contributed by atoms with Gasteiger partial charge in [0.2, 0.25) is 0 Å². The van der Waals surface area contributed by atoms with Crippen LogP contribution in [0.1, 0.15) is 16.7 Å². The van der Waals surface area contributed by atoms with E-state index in [0.717, 1.165) is 24.5 Å². The summed E-state index contributed by atoms with van der Waals surface area (Å²) in [5.41, 5.74) is 3.70. The Morgan fingerprint density at radius 2 is 1.86 bits per heavy atom. The molecule has 0 amide bonds. The second-order valence-corrected chi connectivity index (χ2v) is 7.46. The summed E-state index contributed by atoms with van der Waals surface area (Å²) in [7, 11) is 0. The third-order valence-corrected chi connectivity index (χ3v) is 5.51. The fourth-order valence-corrected chi connectivity index (χ4v) is 3.84. The molecule has 0 unspecified atom stereocenters. The van der Waals surface area contributed by atoms with Crippen molar-refractivity contribution in [1.82, 2.24) is 4.57 Å². The maximum Gasteiger partial charge on any atom is 0.260 e. The van der Waals surface area contributed by atoms with Gasteiger partial charge >= 0.3 is 0 Å². The molecule has 1 heterocycles. The highest BCUT2D eigenvalue weighted by Crippen LogP contribution is 2.22. The van der Waals surface area contributed by atoms with E-state index in [0.29, 0.717) is 6.54 Å². The number of rotatable bonds is 2. The molecule has 0 saturated carbocycles. The Balaban J connectivity index is 2.16. The number of aromatic nitrogens is 1. The van der Waals surface area contributed by atoms with Gasteiger partial charge in [0.15, 0.2) is 0 Å². The van der Waals surface area contributed by atoms with Crippen LogP contribution in [-0.2, 0) is 6.54 Å². The van der Waals surface area contributed by atoms with Crippen LogP contribution in [0.15, 0.2) is 51.9 Å². The molecule has 2 aromatic carbocycles. The molecule has 112 valence electrons. The molecule has 0 radical (unpaired) electrons. The van der Waals surface area contributed by atoms with Crippen LogP contribution in [0.2, 0.25) is 0 Å². The largest absolute Gasteiger partial charge is 0.298 e. The van der Waals surface area contributed by atoms with Crippen LogP contribution in [-0.4, -0.2) is 4.57 Å². The summed E-state index contributed by atoms with van der Waals surface area (Å²) in [6.07, 6.45) is 0. The number of hydrogen-bond acceptors (Lipinski definition) is 1. The predicted octanol–water partition coefficient (Wildman–Crippen LogP) is 5.03. The summed E-state index contributed by atoms with van der Waals surface area (Å²) in [4.78, 5) is 12.9. The van der Waals surface area contributed by atoms with Gasteiger partial charge in [0.25, 0.3) is 5.56 Å². The Labute approximate surface area is 151 Å². The predicted molar refractivity (Wildman–Crippen MR) is 104 cm³/mol. The van der Waals surface area contributed by atoms with Gasteiger partial charge in [0.05, 0.1) is 16.5 Å². The Morgan fingerprint density at radius 3 is 2.59 bits per heavy atom. The maximum absolute atomic E-state index is 12.9. The van der Waals surface area contributed by atoms with Crippen molar-refractivity contribution >= 4 is 49.3 Å². The lowest BCUT2D eigenvalue weighted by atomic mass is 10.1. The van der Waals surface area contributed by atoms with Crippen molar-refractivity contribution in [2.45, 2.75) is 20.4 Å². The van der Waals surface area contributed by atoms with Gasteiger partial charge in [-0.25, -0.2) is 0 Å². The first-order chi connectivity index (χ1) is 10.5. The van der Waals surface area contributed by atoms with Crippen molar-refractivity contribution < 1.29 is 0 Å². The van der Waals surface area contributed by atoms with E-state index in [2.05, 4.69) is 70.6 Å². The molecule has 0 atom stereocenters. The monoisotopic (exact) mass is 467 g/mol. The van der Waals surface area contributed by atoms with Gasteiger partial charge < -0.3 is 0 Å². The number of fused-ring (bicyclic) bond motifs is 1. The highest BCUT2D eigenvalue weighted by molar-refractivity contribution is 14.1. The zero-order valence-electron chi connectivity index (χ0n) is 12.4. The summed E-state index contributed by atoms with van der Waals surface area (Å²) >= 11 is 5.77. The fourth-order valence-electron chi connectivity index (χ4n) is 2.56. The maximum atomic E-state index is 12.9. The fraction of sp³-hybridized carbons (Fsp3) is 0.167. The number of halogens is 2. The molecule has 0 bridgehead atoms. The van der Waals surface area contributed by atoms with E-state index >= 15 is 0 Å². The van der Waals surface area contributed by atoms with Gasteiger partial charge in [0, 0.05) is 3.57 Å². The molecule has 2 nitrogen and oxygen atoms in total. The molecule has 0 aliphatic rings. The molecule has 1 aromatic heterocycles. The van der Waals surface area contributed by atoms with Crippen molar-refractivity contribution in [1.29, 1.82) is 0 Å². The topological polar surface area (TPSA) is 22.0 Å². The number of pyridine rings is 1. The molecular weight excluding hydrogens is 453 g/mol. The minimum Gasteiger partial charge on any atom is -0.298 e. The average molecular weight is 468 g/mol. The van der Waals surface area contributed by atoms with Gasteiger partial charge in [-0.2, -0.15) is 0 Å². The van der Waals surface area contributed by atoms with E-state index in [1.807, 2.05) is 24.3 Å². The van der Waals surface area contributed by atoms with Gasteiger partial charge in [-0.1, -0.05) is 30.3 Å². The summed E-state index contributed by atoms with van der Waals surface area (Å²) in [5.74, 6) is 0. The Kier molecular flexibility index (Phi) is 4.41. The third-order valence-electron chi connectivity index (χ3n) is 3.95. The van der Waals surface area contributed by atoms with E-state index in [9.17, 15) is 4.79 Å². The molecule has 0 saturated heterocycles. The van der Waals surface area contributed by atoms with Crippen LogP contribution in [0.5, 0.6) is 0 Å². The molecular formula is C18H15BrINO. The van der Waals surface area contributed by atoms with E-state index in [4.69, 9.17) is 0 Å². The van der Waals surface area contributed by atoms with Gasteiger partial charge in [-0.05, 0) is 86.6 Å². The smallest absolute Gasteiger partial charge is 0.260 e. The summed E-state index contributed by atoms with van der Waals surface area (Å²) in [6, 6.07) is 14.3. The molecule has 0 fully saturated rings. The third kappa shape index (κ3) is 2.86. The standard InChI is InChI=1S/C18H15BrINO/c1-11-6-7-13(8-12(11)2)10-21-16(19)9-14-4-3-5-15(20)17(14)18(21)22/h3-9H,10H2,1-2H3. The average Bonchev–Trinajstić information content (AvgIpc) is 2.47. The second kappa shape index (κ2) is 6.16. The quantitative estimate of drug-likeness (QED) is 0.382. The van der Waals surface area contributed by atoms with Gasteiger partial charge in [-0.3, -0.25) is 9.36 Å². The first-order valence-corrected chi connectivity index (χ1v) is 8.88. The first-order valence-electron chi connectivity index (χ1n) is 7.01. The summed E-state index contributed by atoms with van der Waals surface area (Å²) in [5, 5.41) is 1.76. The van der Waals surface area contributed by atoms with Crippen LogP contribution in [0.3, 0.4) is 0 Å². The van der Waals surface area contributed by atoms with Crippen molar-refractivity contribution in [2.75, 3.05) is 0 Å². The van der Waals surface area contributed by atoms with Crippen molar-refractivity contribution in [3.63, 3.8) is 0 Å². The minimum absolute atomic E-state index is 0.0487. The van der Waals surface area contributed by atoms with Crippen molar-refractivity contribution in [3.05, 3.63) is 77.7 Å². The normalized spacial score (nSPS) is 11.1. The molecule has 22 heavy (non-hydrogen) atoms. The lowest BCUT2D eigenvalue weighted by Gasteiger charge is -2.12. The summed E-state index contributed by atoms with van der Waals surface area (Å²) < 4.78 is 3.58. The molecule has 3 aromatic rings. The minimum atomic E-state index is 0.0487. The number of benzene rings is 2. The van der Waals surface area contributed by atoms with E-state index in [-0.39, 0.29) is 5.56 Å². The number of hydrogen-bond donors (Lipinski definition) is 0. The molecule has 3 rings (SSSR count). The molecule has 0 aliphatic carbocycles. The van der Waals surface area contributed by atoms with Crippen LogP contribution in [0, 0.1) is 17.4 Å².